The molecule has 5 nitrogen and oxygen atoms in total. The maximum atomic E-state index is 10.7. The molecule has 1 N–H and O–H groups in total. The van der Waals surface area contributed by atoms with Crippen LogP contribution in [0.5, 0.6) is 0 Å². The van der Waals surface area contributed by atoms with Crippen molar-refractivity contribution < 1.29 is 14.3 Å². The summed E-state index contributed by atoms with van der Waals surface area (Å²) in [7, 11) is 0. The SMILES string of the molecule is [C-]#[N+]CC(=O)NC(=O)OC(C)C. The first-order valence-corrected chi connectivity index (χ1v) is 3.40. The number of nitrogens with one attached hydrogen (secondary N) is 1. The van der Waals surface area contributed by atoms with Crippen LogP contribution < -0.4 is 5.32 Å². The minimum atomic E-state index is -0.807. The normalized spacial score (nSPS) is 8.83. The molecule has 0 rings (SSSR count). The van der Waals surface area contributed by atoms with Gasteiger partial charge in [-0.05, 0) is 13.8 Å². The Hall–Kier alpha value is -1.57. The van der Waals surface area contributed by atoms with Crippen molar-refractivity contribution in [3.63, 3.8) is 0 Å². The first kappa shape index (κ1) is 10.4. The minimum absolute atomic E-state index is 0.272. The van der Waals surface area contributed by atoms with Gasteiger partial charge in [-0.2, -0.15) is 0 Å². The molecule has 0 aromatic heterocycles. The molecule has 0 spiro atoms. The van der Waals surface area contributed by atoms with Crippen molar-refractivity contribution in [3.05, 3.63) is 11.4 Å². The van der Waals surface area contributed by atoms with Gasteiger partial charge in [-0.1, -0.05) is 0 Å². The molecule has 0 saturated heterocycles. The summed E-state index contributed by atoms with van der Waals surface area (Å²) >= 11 is 0. The quantitative estimate of drug-likeness (QED) is 0.616. The average Bonchev–Trinajstić information content (AvgIpc) is 1.84. The van der Waals surface area contributed by atoms with Crippen LogP contribution >= 0.6 is 0 Å². The van der Waals surface area contributed by atoms with Gasteiger partial charge in [-0.3, -0.25) is 10.1 Å². The second kappa shape index (κ2) is 5.13. The predicted octanol–water partition coefficient (Wildman–Crippen LogP) is 0.567. The molecule has 0 heterocycles. The summed E-state index contributed by atoms with van der Waals surface area (Å²) in [5.41, 5.74) is 0. The van der Waals surface area contributed by atoms with Gasteiger partial charge in [0.15, 0.2) is 0 Å². The number of nitrogens with zero attached hydrogens (tertiary/aromatic N) is 1. The van der Waals surface area contributed by atoms with Crippen molar-refractivity contribution >= 4 is 12.0 Å². The maximum absolute atomic E-state index is 10.7. The molecule has 0 fully saturated rings. The van der Waals surface area contributed by atoms with E-state index in [1.54, 1.807) is 13.8 Å². The third kappa shape index (κ3) is 5.23. The van der Waals surface area contributed by atoms with Crippen molar-refractivity contribution in [2.75, 3.05) is 6.54 Å². The Morgan fingerprint density at radius 2 is 2.17 bits per heavy atom. The molecule has 0 aliphatic rings. The van der Waals surface area contributed by atoms with E-state index < -0.39 is 12.0 Å². The third-order valence-corrected chi connectivity index (χ3v) is 0.807. The molecular formula is C7H10N2O3. The van der Waals surface area contributed by atoms with Crippen molar-refractivity contribution in [1.82, 2.24) is 5.32 Å². The number of imide groups is 1. The number of carbonyl (C=O) groups excluding carboxylic acids is 2. The van der Waals surface area contributed by atoms with E-state index in [9.17, 15) is 9.59 Å². The Morgan fingerprint density at radius 3 is 2.58 bits per heavy atom. The molecular weight excluding hydrogens is 160 g/mol. The number of hydrogen-bond acceptors (Lipinski definition) is 3. The molecule has 0 bridgehead atoms. The zero-order valence-corrected chi connectivity index (χ0v) is 6.96. The number of carbonyl (C=O) groups is 2. The van der Waals surface area contributed by atoms with E-state index in [0.29, 0.717) is 0 Å². The van der Waals surface area contributed by atoms with E-state index >= 15 is 0 Å². The van der Waals surface area contributed by atoms with E-state index in [1.807, 2.05) is 5.32 Å². The molecule has 0 saturated carbocycles. The highest BCUT2D eigenvalue weighted by Crippen LogP contribution is 1.87. The minimum Gasteiger partial charge on any atom is -0.447 e. The molecule has 66 valence electrons. The lowest BCUT2D eigenvalue weighted by atomic mass is 10.5. The first-order valence-electron chi connectivity index (χ1n) is 3.40. The zero-order valence-electron chi connectivity index (χ0n) is 6.96. The van der Waals surface area contributed by atoms with Gasteiger partial charge in [0.2, 0.25) is 0 Å². The molecule has 0 radical (unpaired) electrons. The van der Waals surface area contributed by atoms with Gasteiger partial charge in [0.1, 0.15) is 0 Å². The fraction of sp³-hybridized carbons (Fsp3) is 0.571. The Morgan fingerprint density at radius 1 is 1.58 bits per heavy atom. The number of rotatable bonds is 2. The van der Waals surface area contributed by atoms with E-state index in [1.165, 1.54) is 0 Å². The summed E-state index contributed by atoms with van der Waals surface area (Å²) in [5, 5.41) is 1.90. The van der Waals surface area contributed by atoms with Gasteiger partial charge in [-0.15, -0.1) is 0 Å². The van der Waals surface area contributed by atoms with E-state index in [-0.39, 0.29) is 12.6 Å². The van der Waals surface area contributed by atoms with Crippen molar-refractivity contribution in [3.8, 4) is 0 Å². The van der Waals surface area contributed by atoms with Crippen LogP contribution in [0, 0.1) is 6.57 Å². The van der Waals surface area contributed by atoms with Gasteiger partial charge in [-0.25, -0.2) is 11.4 Å². The van der Waals surface area contributed by atoms with Crippen LogP contribution in [0.4, 0.5) is 4.79 Å². The van der Waals surface area contributed by atoms with Crippen LogP contribution in [0.2, 0.25) is 0 Å². The van der Waals surface area contributed by atoms with Crippen molar-refractivity contribution in [1.29, 1.82) is 0 Å². The fourth-order valence-electron chi connectivity index (χ4n) is 0.469. The van der Waals surface area contributed by atoms with Gasteiger partial charge >= 0.3 is 12.0 Å². The molecule has 0 atom stereocenters. The predicted molar refractivity (Wildman–Crippen MR) is 41.2 cm³/mol. The molecule has 2 amide bonds. The van der Waals surface area contributed by atoms with Gasteiger partial charge in [0, 0.05) is 0 Å². The zero-order chi connectivity index (χ0) is 9.56. The van der Waals surface area contributed by atoms with Crippen LogP contribution in [-0.4, -0.2) is 24.6 Å². The smallest absolute Gasteiger partial charge is 0.414 e. The first-order chi connectivity index (χ1) is 5.56. The Kier molecular flexibility index (Phi) is 4.46. The molecule has 0 aromatic carbocycles. The second-order valence-electron chi connectivity index (χ2n) is 2.32. The number of alkyl carbamates (subject to hydrolysis) is 1. The van der Waals surface area contributed by atoms with Gasteiger partial charge in [0.25, 0.3) is 6.54 Å². The summed E-state index contributed by atoms with van der Waals surface area (Å²) < 4.78 is 4.59. The summed E-state index contributed by atoms with van der Waals surface area (Å²) in [6.45, 7) is 9.31. The molecule has 5 heteroatoms. The van der Waals surface area contributed by atoms with Crippen LogP contribution in [0.1, 0.15) is 13.8 Å². The average molecular weight is 170 g/mol. The maximum Gasteiger partial charge on any atom is 0.414 e. The molecule has 0 aliphatic carbocycles. The van der Waals surface area contributed by atoms with Gasteiger partial charge in [0.05, 0.1) is 6.10 Å². The lowest BCUT2D eigenvalue weighted by Crippen LogP contribution is -2.33. The number of amides is 2. The van der Waals surface area contributed by atoms with Crippen molar-refractivity contribution in [2.45, 2.75) is 20.0 Å². The third-order valence-electron chi connectivity index (χ3n) is 0.807. The highest BCUT2D eigenvalue weighted by Gasteiger charge is 2.11. The fourth-order valence-corrected chi connectivity index (χ4v) is 0.469. The van der Waals surface area contributed by atoms with Crippen LogP contribution in [-0.2, 0) is 9.53 Å². The standard InChI is InChI=1S/C7H10N2O3/c1-5(2)12-7(11)9-6(10)4-8-3/h5H,4H2,1-2H3,(H,9,10,11). The van der Waals surface area contributed by atoms with E-state index in [0.717, 1.165) is 0 Å². The molecule has 0 aromatic rings. The molecule has 0 aliphatic heterocycles. The number of hydrogen-bond donors (Lipinski definition) is 1. The van der Waals surface area contributed by atoms with Crippen molar-refractivity contribution in [2.24, 2.45) is 0 Å². The summed E-state index contributed by atoms with van der Waals surface area (Å²) in [5.74, 6) is -0.643. The summed E-state index contributed by atoms with van der Waals surface area (Å²) in [6, 6.07) is 0. The topological polar surface area (TPSA) is 59.8 Å². The Bertz CT molecular complexity index is 217. The highest BCUT2D eigenvalue weighted by atomic mass is 16.6. The summed E-state index contributed by atoms with van der Waals surface area (Å²) in [6.07, 6.45) is -1.08. The molecule has 0 unspecified atom stereocenters. The number of ether oxygens (including phenoxy) is 1. The largest absolute Gasteiger partial charge is 0.447 e. The van der Waals surface area contributed by atoms with Gasteiger partial charge < -0.3 is 9.58 Å². The van der Waals surface area contributed by atoms with Crippen LogP contribution in [0.15, 0.2) is 0 Å². The lowest BCUT2D eigenvalue weighted by molar-refractivity contribution is -0.118. The molecule has 12 heavy (non-hydrogen) atoms. The van der Waals surface area contributed by atoms with Crippen LogP contribution in [0.25, 0.3) is 4.85 Å². The Balaban J connectivity index is 3.71. The highest BCUT2D eigenvalue weighted by molar-refractivity contribution is 5.93. The lowest BCUT2D eigenvalue weighted by Gasteiger charge is -2.06. The summed E-state index contributed by atoms with van der Waals surface area (Å²) in [4.78, 5) is 24.1. The van der Waals surface area contributed by atoms with E-state index in [4.69, 9.17) is 6.57 Å². The van der Waals surface area contributed by atoms with E-state index in [2.05, 4.69) is 9.58 Å². The Labute approximate surface area is 70.5 Å². The van der Waals surface area contributed by atoms with Crippen LogP contribution in [0.3, 0.4) is 0 Å². The monoisotopic (exact) mass is 170 g/mol. The second-order valence-corrected chi connectivity index (χ2v) is 2.32.